The lowest BCUT2D eigenvalue weighted by atomic mass is 10.1. The van der Waals surface area contributed by atoms with Crippen molar-refractivity contribution in [2.45, 2.75) is 39.0 Å². The van der Waals surface area contributed by atoms with Crippen molar-refractivity contribution in [2.75, 3.05) is 6.61 Å². The van der Waals surface area contributed by atoms with Crippen LogP contribution in [0.25, 0.3) is 11.3 Å². The summed E-state index contributed by atoms with van der Waals surface area (Å²) < 4.78 is 10.7. The van der Waals surface area contributed by atoms with Crippen molar-refractivity contribution in [3.05, 3.63) is 36.0 Å². The second-order valence-corrected chi connectivity index (χ2v) is 5.17. The third-order valence-electron chi connectivity index (χ3n) is 3.38. The molecular formula is C17H21NO4. The van der Waals surface area contributed by atoms with Crippen LogP contribution in [0.4, 0.5) is 0 Å². The number of aromatic nitrogens is 1. The monoisotopic (exact) mass is 303 g/mol. The van der Waals surface area contributed by atoms with E-state index < -0.39 is 5.97 Å². The van der Waals surface area contributed by atoms with Gasteiger partial charge in [0.2, 0.25) is 0 Å². The number of carbonyl (C=O) groups is 1. The summed E-state index contributed by atoms with van der Waals surface area (Å²) >= 11 is 0. The van der Waals surface area contributed by atoms with Gasteiger partial charge in [-0.1, -0.05) is 37.8 Å². The molecule has 5 heteroatoms. The van der Waals surface area contributed by atoms with Gasteiger partial charge in [-0.3, -0.25) is 0 Å². The largest absolute Gasteiger partial charge is 0.494 e. The van der Waals surface area contributed by atoms with E-state index in [1.54, 1.807) is 0 Å². The lowest BCUT2D eigenvalue weighted by Gasteiger charge is -2.06. The number of hydrogen-bond donors (Lipinski definition) is 1. The van der Waals surface area contributed by atoms with Crippen LogP contribution in [0.15, 0.2) is 34.9 Å². The van der Waals surface area contributed by atoms with E-state index in [-0.39, 0.29) is 5.69 Å². The first-order valence-electron chi connectivity index (χ1n) is 7.64. The van der Waals surface area contributed by atoms with Gasteiger partial charge in [0.1, 0.15) is 5.75 Å². The Morgan fingerprint density at radius 2 is 1.91 bits per heavy atom. The number of benzene rings is 1. The van der Waals surface area contributed by atoms with Gasteiger partial charge in [0.15, 0.2) is 11.5 Å². The van der Waals surface area contributed by atoms with Crippen molar-refractivity contribution in [2.24, 2.45) is 0 Å². The molecule has 2 aromatic rings. The van der Waals surface area contributed by atoms with Crippen molar-refractivity contribution in [1.29, 1.82) is 0 Å². The van der Waals surface area contributed by atoms with E-state index in [9.17, 15) is 4.79 Å². The summed E-state index contributed by atoms with van der Waals surface area (Å²) in [5.41, 5.74) is 0.678. The molecule has 22 heavy (non-hydrogen) atoms. The molecule has 0 spiro atoms. The second-order valence-electron chi connectivity index (χ2n) is 5.17. The normalized spacial score (nSPS) is 10.6. The molecule has 118 valence electrons. The summed E-state index contributed by atoms with van der Waals surface area (Å²) in [6, 6.07) is 8.78. The summed E-state index contributed by atoms with van der Waals surface area (Å²) in [6.07, 6.45) is 6.04. The number of nitrogens with zero attached hydrogens (tertiary/aromatic N) is 1. The van der Waals surface area contributed by atoms with Gasteiger partial charge in [-0.15, -0.1) is 0 Å². The molecule has 0 aliphatic carbocycles. The van der Waals surface area contributed by atoms with E-state index in [0.29, 0.717) is 12.4 Å². The Morgan fingerprint density at radius 1 is 1.18 bits per heavy atom. The standard InChI is InChI=1S/C17H21NO4/c1-2-3-4-5-6-11-21-14-9-7-13(8-10-14)16-12-15(17(19)20)18-22-16/h7-10,12H,2-6,11H2,1H3,(H,19,20). The topological polar surface area (TPSA) is 72.6 Å². The molecule has 0 aliphatic heterocycles. The fraction of sp³-hybridized carbons (Fsp3) is 0.412. The Hall–Kier alpha value is -2.30. The van der Waals surface area contributed by atoms with Gasteiger partial charge in [0, 0.05) is 11.6 Å². The van der Waals surface area contributed by atoms with Crippen LogP contribution in [0.3, 0.4) is 0 Å². The molecular weight excluding hydrogens is 282 g/mol. The zero-order valence-electron chi connectivity index (χ0n) is 12.7. The van der Waals surface area contributed by atoms with Crippen LogP contribution in [0.5, 0.6) is 5.75 Å². The highest BCUT2D eigenvalue weighted by Crippen LogP contribution is 2.23. The first-order chi connectivity index (χ1) is 10.7. The van der Waals surface area contributed by atoms with Crippen molar-refractivity contribution in [3.8, 4) is 17.1 Å². The number of unbranched alkanes of at least 4 members (excludes halogenated alkanes) is 4. The molecule has 2 rings (SSSR count). The predicted molar refractivity (Wildman–Crippen MR) is 83.2 cm³/mol. The Morgan fingerprint density at radius 3 is 2.55 bits per heavy atom. The SMILES string of the molecule is CCCCCCCOc1ccc(-c2cc(C(=O)O)no2)cc1. The summed E-state index contributed by atoms with van der Waals surface area (Å²) in [5.74, 6) is 0.138. The number of carboxylic acid groups (broad SMARTS) is 1. The Bertz CT molecular complexity index is 589. The summed E-state index contributed by atoms with van der Waals surface area (Å²) in [7, 11) is 0. The van der Waals surface area contributed by atoms with Crippen molar-refractivity contribution < 1.29 is 19.2 Å². The van der Waals surface area contributed by atoms with Gasteiger partial charge in [-0.25, -0.2) is 4.79 Å². The minimum atomic E-state index is -1.10. The molecule has 0 saturated carbocycles. The minimum Gasteiger partial charge on any atom is -0.494 e. The van der Waals surface area contributed by atoms with Crippen LogP contribution in [-0.2, 0) is 0 Å². The zero-order chi connectivity index (χ0) is 15.8. The van der Waals surface area contributed by atoms with E-state index >= 15 is 0 Å². The first kappa shape index (κ1) is 16.1. The van der Waals surface area contributed by atoms with Crippen LogP contribution in [0, 0.1) is 0 Å². The molecule has 0 aliphatic rings. The number of ether oxygens (including phenoxy) is 1. The van der Waals surface area contributed by atoms with Crippen LogP contribution in [0.1, 0.15) is 49.5 Å². The summed E-state index contributed by atoms with van der Waals surface area (Å²) in [4.78, 5) is 10.8. The van der Waals surface area contributed by atoms with Gasteiger partial charge in [-0.2, -0.15) is 0 Å². The maximum absolute atomic E-state index is 10.8. The molecule has 1 aromatic heterocycles. The Balaban J connectivity index is 1.83. The lowest BCUT2D eigenvalue weighted by molar-refractivity contribution is 0.0686. The average Bonchev–Trinajstić information content (AvgIpc) is 3.01. The van der Waals surface area contributed by atoms with Crippen LogP contribution in [0.2, 0.25) is 0 Å². The molecule has 0 fully saturated rings. The average molecular weight is 303 g/mol. The molecule has 0 atom stereocenters. The number of hydrogen-bond acceptors (Lipinski definition) is 4. The molecule has 1 N–H and O–H groups in total. The Labute approximate surface area is 129 Å². The summed E-state index contributed by atoms with van der Waals surface area (Å²) in [6.45, 7) is 2.92. The maximum atomic E-state index is 10.8. The van der Waals surface area contributed by atoms with Gasteiger partial charge >= 0.3 is 5.97 Å². The molecule has 1 heterocycles. The molecule has 1 aromatic carbocycles. The third-order valence-corrected chi connectivity index (χ3v) is 3.38. The van der Waals surface area contributed by atoms with Crippen LogP contribution in [-0.4, -0.2) is 22.8 Å². The van der Waals surface area contributed by atoms with E-state index in [1.807, 2.05) is 24.3 Å². The lowest BCUT2D eigenvalue weighted by Crippen LogP contribution is -1.97. The Kier molecular flexibility index (Phi) is 6.01. The molecule has 0 saturated heterocycles. The van der Waals surface area contributed by atoms with Crippen molar-refractivity contribution in [1.82, 2.24) is 5.16 Å². The molecule has 0 unspecified atom stereocenters. The molecule has 0 bridgehead atoms. The highest BCUT2D eigenvalue weighted by Gasteiger charge is 2.12. The highest BCUT2D eigenvalue weighted by molar-refractivity contribution is 5.86. The second kappa shape index (κ2) is 8.22. The molecule has 5 nitrogen and oxygen atoms in total. The number of rotatable bonds is 9. The summed E-state index contributed by atoms with van der Waals surface area (Å²) in [5, 5.41) is 12.3. The van der Waals surface area contributed by atoms with Gasteiger partial charge < -0.3 is 14.4 Å². The van der Waals surface area contributed by atoms with E-state index in [0.717, 1.165) is 17.7 Å². The van der Waals surface area contributed by atoms with Gasteiger partial charge in [-0.05, 0) is 30.7 Å². The molecule has 0 radical (unpaired) electrons. The number of carboxylic acids is 1. The van der Waals surface area contributed by atoms with Gasteiger partial charge in [0.25, 0.3) is 0 Å². The van der Waals surface area contributed by atoms with Crippen molar-refractivity contribution in [3.63, 3.8) is 0 Å². The van der Waals surface area contributed by atoms with E-state index in [2.05, 4.69) is 12.1 Å². The first-order valence-corrected chi connectivity index (χ1v) is 7.64. The quantitative estimate of drug-likeness (QED) is 0.695. The van der Waals surface area contributed by atoms with Gasteiger partial charge in [0.05, 0.1) is 6.61 Å². The van der Waals surface area contributed by atoms with Crippen LogP contribution < -0.4 is 4.74 Å². The predicted octanol–water partition coefficient (Wildman–Crippen LogP) is 4.39. The molecule has 0 amide bonds. The fourth-order valence-electron chi connectivity index (χ4n) is 2.12. The maximum Gasteiger partial charge on any atom is 0.358 e. The van der Waals surface area contributed by atoms with Crippen molar-refractivity contribution >= 4 is 5.97 Å². The third kappa shape index (κ3) is 4.62. The smallest absolute Gasteiger partial charge is 0.358 e. The van der Waals surface area contributed by atoms with Crippen LogP contribution >= 0.6 is 0 Å². The minimum absolute atomic E-state index is 0.0950. The fourth-order valence-corrected chi connectivity index (χ4v) is 2.12. The number of aromatic carboxylic acids is 1. The van der Waals surface area contributed by atoms with E-state index in [4.69, 9.17) is 14.4 Å². The van der Waals surface area contributed by atoms with E-state index in [1.165, 1.54) is 31.7 Å². The zero-order valence-corrected chi connectivity index (χ0v) is 12.7. The highest BCUT2D eigenvalue weighted by atomic mass is 16.5.